The van der Waals surface area contributed by atoms with Crippen molar-refractivity contribution >= 4 is 11.9 Å². The lowest BCUT2D eigenvalue weighted by Gasteiger charge is -2.35. The zero-order chi connectivity index (χ0) is 18.4. The smallest absolute Gasteiger partial charge is 0.335 e. The molecule has 6 aliphatic rings. The van der Waals surface area contributed by atoms with Gasteiger partial charge < -0.3 is 14.2 Å². The third-order valence-corrected chi connectivity index (χ3v) is 5.60. The molecule has 25 heavy (non-hydrogen) atoms. The topological polar surface area (TPSA) is 61.8 Å². The lowest BCUT2D eigenvalue weighted by atomic mass is 9.68. The Morgan fingerprint density at radius 3 is 2.08 bits per heavy atom. The van der Waals surface area contributed by atoms with Gasteiger partial charge in [-0.15, -0.1) is 0 Å². The van der Waals surface area contributed by atoms with Crippen LogP contribution in [-0.4, -0.2) is 37.4 Å². The van der Waals surface area contributed by atoms with E-state index in [9.17, 15) is 9.59 Å². The minimum Gasteiger partial charge on any atom is -0.463 e. The molecule has 144 valence electrons. The molecule has 4 saturated heterocycles. The molecule has 6 rings (SSSR count). The molecule has 5 nitrogen and oxygen atoms in total. The van der Waals surface area contributed by atoms with Crippen LogP contribution in [0.15, 0.2) is 0 Å². The number of carbonyl (C=O) groups is 2. The molecule has 4 unspecified atom stereocenters. The molecular formula is C20H34O5. The maximum Gasteiger partial charge on any atom is 0.335 e. The Bertz CT molecular complexity index is 435. The van der Waals surface area contributed by atoms with E-state index in [2.05, 4.69) is 0 Å². The number of carbonyl (C=O) groups excluding carboxylic acids is 2. The van der Waals surface area contributed by atoms with Gasteiger partial charge in [0.25, 0.3) is 0 Å². The summed E-state index contributed by atoms with van der Waals surface area (Å²) < 4.78 is 15.3. The number of cyclic esters (lactones) is 1. The van der Waals surface area contributed by atoms with Crippen LogP contribution in [0.25, 0.3) is 0 Å². The van der Waals surface area contributed by atoms with E-state index >= 15 is 0 Å². The van der Waals surface area contributed by atoms with E-state index in [-0.39, 0.29) is 30.1 Å². The second kappa shape index (κ2) is 9.56. The number of fused-ring (bicyclic) bond motifs is 2. The summed E-state index contributed by atoms with van der Waals surface area (Å²) in [7, 11) is 0. The van der Waals surface area contributed by atoms with Crippen LogP contribution in [0.2, 0.25) is 0 Å². The van der Waals surface area contributed by atoms with Crippen LogP contribution in [0, 0.1) is 23.7 Å². The molecule has 0 aromatic heterocycles. The zero-order valence-corrected chi connectivity index (χ0v) is 16.2. The maximum absolute atomic E-state index is 11.4. The normalized spacial score (nSPS) is 39.4. The zero-order valence-electron chi connectivity index (χ0n) is 16.2. The summed E-state index contributed by atoms with van der Waals surface area (Å²) in [6.07, 6.45) is 6.95. The van der Waals surface area contributed by atoms with Gasteiger partial charge in [0.2, 0.25) is 0 Å². The van der Waals surface area contributed by atoms with Crippen molar-refractivity contribution in [1.29, 1.82) is 0 Å². The Hall–Kier alpha value is -1.10. The average molecular weight is 354 g/mol. The quantitative estimate of drug-likeness (QED) is 0.620. The van der Waals surface area contributed by atoms with Crippen molar-refractivity contribution in [2.75, 3.05) is 13.2 Å². The van der Waals surface area contributed by atoms with Crippen LogP contribution < -0.4 is 0 Å². The SMILES string of the molecule is CC.CC.O=C1OC2CC3CC(C2)CC1C3.O=C1OCC2CCOC12. The second-order valence-corrected chi connectivity index (χ2v) is 7.14. The van der Waals surface area contributed by atoms with Crippen molar-refractivity contribution in [2.24, 2.45) is 23.7 Å². The van der Waals surface area contributed by atoms with Crippen LogP contribution >= 0.6 is 0 Å². The summed E-state index contributed by atoms with van der Waals surface area (Å²) in [5.41, 5.74) is 0. The number of rotatable bonds is 0. The standard InChI is InChI=1S/C10H14O2.C6H8O3.2C2H6/c11-10-8-2-6-1-7(3-8)5-9(4-6)12-10;7-6-5-4(3-9-6)1-2-8-5;2*1-2/h6-9H,1-5H2;4-5H,1-3H2;2*1-2H3. The minimum atomic E-state index is -0.218. The second-order valence-electron chi connectivity index (χ2n) is 7.14. The largest absolute Gasteiger partial charge is 0.463 e. The van der Waals surface area contributed by atoms with Gasteiger partial charge in [-0.3, -0.25) is 4.79 Å². The Balaban J connectivity index is 0.000000155. The van der Waals surface area contributed by atoms with Gasteiger partial charge in [-0.25, -0.2) is 4.79 Å². The highest BCUT2D eigenvalue weighted by Crippen LogP contribution is 2.46. The third-order valence-electron chi connectivity index (χ3n) is 5.60. The van der Waals surface area contributed by atoms with Crippen LogP contribution in [0.4, 0.5) is 0 Å². The lowest BCUT2D eigenvalue weighted by molar-refractivity contribution is -0.151. The molecule has 4 aliphatic heterocycles. The lowest BCUT2D eigenvalue weighted by Crippen LogP contribution is -2.29. The Labute approximate surface area is 151 Å². The molecule has 0 aromatic carbocycles. The Kier molecular flexibility index (Phi) is 7.73. The number of ether oxygens (including phenoxy) is 3. The average Bonchev–Trinajstić information content (AvgIpc) is 3.19. The first-order valence-corrected chi connectivity index (χ1v) is 10.2. The molecule has 4 heterocycles. The molecule has 5 heteroatoms. The van der Waals surface area contributed by atoms with Gasteiger partial charge in [0.05, 0.1) is 12.5 Å². The summed E-state index contributed by atoms with van der Waals surface area (Å²) in [5.74, 6) is 2.17. The summed E-state index contributed by atoms with van der Waals surface area (Å²) in [6, 6.07) is 0. The Morgan fingerprint density at radius 2 is 1.48 bits per heavy atom. The first-order valence-electron chi connectivity index (χ1n) is 10.2. The van der Waals surface area contributed by atoms with Crippen molar-refractivity contribution in [3.8, 4) is 0 Å². The highest BCUT2D eigenvalue weighted by Gasteiger charge is 2.44. The van der Waals surface area contributed by atoms with Crippen LogP contribution in [-0.2, 0) is 23.8 Å². The van der Waals surface area contributed by atoms with Crippen LogP contribution in [0.1, 0.15) is 66.2 Å². The van der Waals surface area contributed by atoms with E-state index in [1.807, 2.05) is 27.7 Å². The van der Waals surface area contributed by atoms with E-state index in [1.54, 1.807) is 0 Å². The van der Waals surface area contributed by atoms with E-state index in [4.69, 9.17) is 14.2 Å². The number of hydrogen-bond donors (Lipinski definition) is 0. The molecule has 4 atom stereocenters. The van der Waals surface area contributed by atoms with E-state index < -0.39 is 0 Å². The number of hydrogen-bond acceptors (Lipinski definition) is 5. The van der Waals surface area contributed by atoms with Gasteiger partial charge >= 0.3 is 11.9 Å². The van der Waals surface area contributed by atoms with Crippen molar-refractivity contribution < 1.29 is 23.8 Å². The van der Waals surface area contributed by atoms with Crippen molar-refractivity contribution in [3.63, 3.8) is 0 Å². The fourth-order valence-electron chi connectivity index (χ4n) is 4.68. The van der Waals surface area contributed by atoms with Crippen LogP contribution in [0.5, 0.6) is 0 Å². The highest BCUT2D eigenvalue weighted by molar-refractivity contribution is 5.77. The number of esters is 2. The van der Waals surface area contributed by atoms with Gasteiger partial charge in [0.15, 0.2) is 6.10 Å². The summed E-state index contributed by atoms with van der Waals surface area (Å²) >= 11 is 0. The van der Waals surface area contributed by atoms with Gasteiger partial charge in [-0.05, 0) is 50.4 Å². The van der Waals surface area contributed by atoms with Gasteiger partial charge in [-0.1, -0.05) is 27.7 Å². The molecule has 2 saturated carbocycles. The fraction of sp³-hybridized carbons (Fsp3) is 0.900. The van der Waals surface area contributed by atoms with E-state index in [1.165, 1.54) is 6.42 Å². The van der Waals surface area contributed by atoms with Gasteiger partial charge in [0.1, 0.15) is 6.10 Å². The molecule has 2 aliphatic carbocycles. The molecule has 0 N–H and O–H groups in total. The van der Waals surface area contributed by atoms with Crippen molar-refractivity contribution in [2.45, 2.75) is 78.4 Å². The first kappa shape index (κ1) is 20.2. The molecule has 4 bridgehead atoms. The molecule has 0 aromatic rings. The fourth-order valence-corrected chi connectivity index (χ4v) is 4.68. The maximum atomic E-state index is 11.4. The third kappa shape index (κ3) is 4.75. The molecule has 0 spiro atoms. The first-order chi connectivity index (χ1) is 12.2. The summed E-state index contributed by atoms with van der Waals surface area (Å²) in [5, 5.41) is 0. The Morgan fingerprint density at radius 1 is 0.840 bits per heavy atom. The summed E-state index contributed by atoms with van der Waals surface area (Å²) in [4.78, 5) is 22.1. The highest BCUT2D eigenvalue weighted by atomic mass is 16.6. The summed E-state index contributed by atoms with van der Waals surface area (Å²) in [6.45, 7) is 9.30. The predicted octanol–water partition coefficient (Wildman–Crippen LogP) is 3.74. The predicted molar refractivity (Wildman–Crippen MR) is 94.9 cm³/mol. The minimum absolute atomic E-state index is 0.102. The molecular weight excluding hydrogens is 320 g/mol. The van der Waals surface area contributed by atoms with Crippen molar-refractivity contribution in [3.05, 3.63) is 0 Å². The van der Waals surface area contributed by atoms with Crippen molar-refractivity contribution in [1.82, 2.24) is 0 Å². The molecule has 6 fully saturated rings. The monoisotopic (exact) mass is 354 g/mol. The van der Waals surface area contributed by atoms with Crippen LogP contribution in [0.3, 0.4) is 0 Å². The van der Waals surface area contributed by atoms with Gasteiger partial charge in [0, 0.05) is 12.5 Å². The van der Waals surface area contributed by atoms with Gasteiger partial charge in [-0.2, -0.15) is 0 Å². The molecule has 0 amide bonds. The van der Waals surface area contributed by atoms with E-state index in [0.29, 0.717) is 12.5 Å². The van der Waals surface area contributed by atoms with E-state index in [0.717, 1.165) is 50.5 Å². The molecule has 0 radical (unpaired) electrons.